The third kappa shape index (κ3) is 3.23. The molecule has 2 aromatic rings. The second kappa shape index (κ2) is 5.71. The summed E-state index contributed by atoms with van der Waals surface area (Å²) in [5.74, 6) is 1.27. The molecule has 0 aromatic heterocycles. The number of hydrogen-bond donors (Lipinski definition) is 1. The van der Waals surface area contributed by atoms with E-state index in [1.54, 1.807) is 6.08 Å². The molecule has 0 bridgehead atoms. The van der Waals surface area contributed by atoms with Crippen LogP contribution in [0.2, 0.25) is 0 Å². The van der Waals surface area contributed by atoms with Gasteiger partial charge in [0.15, 0.2) is 11.5 Å². The molecule has 0 saturated carbocycles. The molecule has 21 heavy (non-hydrogen) atoms. The van der Waals surface area contributed by atoms with Crippen molar-refractivity contribution in [1.82, 2.24) is 0 Å². The van der Waals surface area contributed by atoms with E-state index in [4.69, 9.17) is 9.47 Å². The highest BCUT2D eigenvalue weighted by Gasteiger charge is 2.12. The average Bonchev–Trinajstić information content (AvgIpc) is 2.95. The largest absolute Gasteiger partial charge is 0.454 e. The lowest BCUT2D eigenvalue weighted by atomic mass is 10.2. The van der Waals surface area contributed by atoms with Crippen molar-refractivity contribution in [2.45, 2.75) is 6.92 Å². The predicted molar refractivity (Wildman–Crippen MR) is 81.4 cm³/mol. The fourth-order valence-corrected chi connectivity index (χ4v) is 2.01. The van der Waals surface area contributed by atoms with E-state index in [2.05, 4.69) is 5.32 Å². The summed E-state index contributed by atoms with van der Waals surface area (Å²) < 4.78 is 10.5. The Morgan fingerprint density at radius 3 is 2.67 bits per heavy atom. The van der Waals surface area contributed by atoms with Gasteiger partial charge in [0, 0.05) is 11.8 Å². The summed E-state index contributed by atoms with van der Waals surface area (Å²) in [6.45, 7) is 2.25. The first-order chi connectivity index (χ1) is 10.2. The summed E-state index contributed by atoms with van der Waals surface area (Å²) in [4.78, 5) is 11.9. The van der Waals surface area contributed by atoms with Crippen molar-refractivity contribution in [3.8, 4) is 11.5 Å². The van der Waals surface area contributed by atoms with Gasteiger partial charge in [0.1, 0.15) is 0 Å². The van der Waals surface area contributed by atoms with Gasteiger partial charge in [0.05, 0.1) is 0 Å². The van der Waals surface area contributed by atoms with Gasteiger partial charge in [-0.25, -0.2) is 0 Å². The number of nitrogens with one attached hydrogen (secondary N) is 1. The maximum atomic E-state index is 11.9. The summed E-state index contributed by atoms with van der Waals surface area (Å²) in [7, 11) is 0. The van der Waals surface area contributed by atoms with Gasteiger partial charge in [-0.3, -0.25) is 4.79 Å². The highest BCUT2D eigenvalue weighted by Crippen LogP contribution is 2.32. The molecular formula is C17H15NO3. The first-order valence-electron chi connectivity index (χ1n) is 6.66. The van der Waals surface area contributed by atoms with Crippen LogP contribution in [-0.2, 0) is 4.79 Å². The normalized spacial score (nSPS) is 12.6. The molecule has 1 heterocycles. The van der Waals surface area contributed by atoms with Crippen LogP contribution in [-0.4, -0.2) is 12.7 Å². The lowest BCUT2D eigenvalue weighted by molar-refractivity contribution is -0.111. The molecule has 0 saturated heterocycles. The topological polar surface area (TPSA) is 47.6 Å². The molecule has 3 rings (SSSR count). The van der Waals surface area contributed by atoms with Crippen LogP contribution in [0.4, 0.5) is 5.69 Å². The Morgan fingerprint density at radius 1 is 1.10 bits per heavy atom. The van der Waals surface area contributed by atoms with E-state index >= 15 is 0 Å². The van der Waals surface area contributed by atoms with E-state index in [0.717, 1.165) is 22.6 Å². The fourth-order valence-electron chi connectivity index (χ4n) is 2.01. The Kier molecular flexibility index (Phi) is 3.60. The van der Waals surface area contributed by atoms with Gasteiger partial charge in [0.2, 0.25) is 12.7 Å². The predicted octanol–water partition coefficient (Wildman–Crippen LogP) is 3.38. The van der Waals surface area contributed by atoms with Crippen molar-refractivity contribution >= 4 is 17.7 Å². The molecule has 1 aliphatic heterocycles. The molecule has 4 heteroatoms. The number of aryl methyl sites for hydroxylation is 1. The molecule has 0 spiro atoms. The standard InChI is InChI=1S/C17H15NO3/c1-12-2-6-14(7-3-12)18-17(19)9-5-13-4-8-15-16(10-13)21-11-20-15/h2-10H,11H2,1H3,(H,18,19). The highest BCUT2D eigenvalue weighted by molar-refractivity contribution is 6.01. The summed E-state index contributed by atoms with van der Waals surface area (Å²) in [6.07, 6.45) is 3.24. The molecule has 4 nitrogen and oxygen atoms in total. The minimum Gasteiger partial charge on any atom is -0.454 e. The van der Waals surface area contributed by atoms with Crippen molar-refractivity contribution in [1.29, 1.82) is 0 Å². The summed E-state index contributed by atoms with van der Waals surface area (Å²) in [5, 5.41) is 2.81. The number of ether oxygens (including phenoxy) is 2. The SMILES string of the molecule is Cc1ccc(NC(=O)C=Cc2ccc3c(c2)OCO3)cc1. The second-order valence-corrected chi connectivity index (χ2v) is 4.80. The summed E-state index contributed by atoms with van der Waals surface area (Å²) >= 11 is 0. The first kappa shape index (κ1) is 13.2. The molecule has 106 valence electrons. The van der Waals surface area contributed by atoms with E-state index in [1.807, 2.05) is 49.4 Å². The first-order valence-corrected chi connectivity index (χ1v) is 6.66. The lowest BCUT2D eigenvalue weighted by Gasteiger charge is -2.02. The number of amides is 1. The fraction of sp³-hybridized carbons (Fsp3) is 0.118. The number of carbonyl (C=O) groups excluding carboxylic acids is 1. The third-order valence-corrected chi connectivity index (χ3v) is 3.14. The van der Waals surface area contributed by atoms with Gasteiger partial charge in [-0.05, 0) is 42.8 Å². The quantitative estimate of drug-likeness (QED) is 0.877. The molecule has 0 fully saturated rings. The maximum Gasteiger partial charge on any atom is 0.248 e. The molecule has 0 unspecified atom stereocenters. The van der Waals surface area contributed by atoms with Crippen molar-refractivity contribution in [2.75, 3.05) is 12.1 Å². The summed E-state index contributed by atoms with van der Waals surface area (Å²) in [6, 6.07) is 13.2. The van der Waals surface area contributed by atoms with Gasteiger partial charge < -0.3 is 14.8 Å². The van der Waals surface area contributed by atoms with Gasteiger partial charge >= 0.3 is 0 Å². The average molecular weight is 281 g/mol. The zero-order valence-corrected chi connectivity index (χ0v) is 11.6. The molecular weight excluding hydrogens is 266 g/mol. The number of fused-ring (bicyclic) bond motifs is 1. The number of rotatable bonds is 3. The van der Waals surface area contributed by atoms with Crippen LogP contribution in [0.25, 0.3) is 6.08 Å². The molecule has 1 N–H and O–H groups in total. The molecule has 2 aromatic carbocycles. The van der Waals surface area contributed by atoms with Crippen LogP contribution in [0, 0.1) is 6.92 Å². The Morgan fingerprint density at radius 2 is 1.86 bits per heavy atom. The van der Waals surface area contributed by atoms with Crippen LogP contribution in [0.1, 0.15) is 11.1 Å². The van der Waals surface area contributed by atoms with Crippen molar-refractivity contribution < 1.29 is 14.3 Å². The molecule has 0 radical (unpaired) electrons. The minimum atomic E-state index is -0.170. The number of hydrogen-bond acceptors (Lipinski definition) is 3. The van der Waals surface area contributed by atoms with Gasteiger partial charge in [-0.2, -0.15) is 0 Å². The molecule has 0 aliphatic carbocycles. The molecule has 1 amide bonds. The Hall–Kier alpha value is -2.75. The Bertz CT molecular complexity index is 690. The van der Waals surface area contributed by atoms with E-state index in [0.29, 0.717) is 5.75 Å². The van der Waals surface area contributed by atoms with Crippen molar-refractivity contribution in [3.63, 3.8) is 0 Å². The monoisotopic (exact) mass is 281 g/mol. The molecule has 0 atom stereocenters. The smallest absolute Gasteiger partial charge is 0.248 e. The van der Waals surface area contributed by atoms with E-state index in [-0.39, 0.29) is 12.7 Å². The van der Waals surface area contributed by atoms with Crippen molar-refractivity contribution in [3.05, 3.63) is 59.7 Å². The van der Waals surface area contributed by atoms with Crippen LogP contribution in [0.15, 0.2) is 48.5 Å². The zero-order chi connectivity index (χ0) is 14.7. The second-order valence-electron chi connectivity index (χ2n) is 4.80. The van der Waals surface area contributed by atoms with Crippen LogP contribution in [0.5, 0.6) is 11.5 Å². The minimum absolute atomic E-state index is 0.170. The van der Waals surface area contributed by atoms with Gasteiger partial charge in [-0.15, -0.1) is 0 Å². The van der Waals surface area contributed by atoms with Crippen LogP contribution >= 0.6 is 0 Å². The number of carbonyl (C=O) groups is 1. The van der Waals surface area contributed by atoms with Gasteiger partial charge in [0.25, 0.3) is 0 Å². The highest BCUT2D eigenvalue weighted by atomic mass is 16.7. The van der Waals surface area contributed by atoms with E-state index in [9.17, 15) is 4.79 Å². The number of anilines is 1. The van der Waals surface area contributed by atoms with E-state index in [1.165, 1.54) is 6.08 Å². The van der Waals surface area contributed by atoms with Crippen LogP contribution in [0.3, 0.4) is 0 Å². The van der Waals surface area contributed by atoms with Crippen LogP contribution < -0.4 is 14.8 Å². The Labute approximate surface area is 123 Å². The number of benzene rings is 2. The maximum absolute atomic E-state index is 11.9. The van der Waals surface area contributed by atoms with E-state index < -0.39 is 0 Å². The molecule has 1 aliphatic rings. The Balaban J connectivity index is 1.65. The summed E-state index contributed by atoms with van der Waals surface area (Å²) in [5.41, 5.74) is 2.82. The zero-order valence-electron chi connectivity index (χ0n) is 11.6. The third-order valence-electron chi connectivity index (χ3n) is 3.14. The van der Waals surface area contributed by atoms with Crippen molar-refractivity contribution in [2.24, 2.45) is 0 Å². The van der Waals surface area contributed by atoms with Gasteiger partial charge in [-0.1, -0.05) is 23.8 Å². The lowest BCUT2D eigenvalue weighted by Crippen LogP contribution is -2.07.